The molecule has 0 amide bonds. The predicted octanol–water partition coefficient (Wildman–Crippen LogP) is 3.12. The lowest BCUT2D eigenvalue weighted by Gasteiger charge is -2.15. The van der Waals surface area contributed by atoms with Gasteiger partial charge in [-0.05, 0) is 48.2 Å². The van der Waals surface area contributed by atoms with E-state index in [1.54, 1.807) is 9.81 Å². The second kappa shape index (κ2) is 4.11. The van der Waals surface area contributed by atoms with Crippen LogP contribution in [0.15, 0.2) is 9.81 Å². The normalized spacial score (nSPS) is 37.7. The van der Waals surface area contributed by atoms with Gasteiger partial charge in [0.1, 0.15) is 0 Å². The Bertz CT molecular complexity index is 240. The first-order valence-electron chi connectivity index (χ1n) is 5.49. The highest BCUT2D eigenvalue weighted by Crippen LogP contribution is 2.47. The van der Waals surface area contributed by atoms with Crippen molar-refractivity contribution >= 4 is 23.5 Å². The van der Waals surface area contributed by atoms with Crippen molar-refractivity contribution in [1.29, 1.82) is 0 Å². The Balaban J connectivity index is 1.74. The number of rotatable bonds is 0. The summed E-state index contributed by atoms with van der Waals surface area (Å²) in [7, 11) is 0. The lowest BCUT2D eigenvalue weighted by atomic mass is 10.0. The molecule has 2 saturated heterocycles. The van der Waals surface area contributed by atoms with Gasteiger partial charge in [-0.25, -0.2) is 0 Å². The van der Waals surface area contributed by atoms with Crippen LogP contribution in [0.4, 0.5) is 0 Å². The largest absolute Gasteiger partial charge is 0.381 e. The molecule has 0 spiro atoms. The molecule has 3 fully saturated rings. The molecule has 0 aromatic carbocycles. The van der Waals surface area contributed by atoms with Gasteiger partial charge in [-0.15, -0.1) is 23.5 Å². The molecule has 0 aromatic heterocycles. The summed E-state index contributed by atoms with van der Waals surface area (Å²) in [5.41, 5.74) is 1.76. The SMILES string of the molecule is C1CSC(=C2CC3COCC3C2)SC1. The fraction of sp³-hybridized carbons (Fsp3) is 0.818. The number of thioether (sulfide) groups is 2. The summed E-state index contributed by atoms with van der Waals surface area (Å²) in [6, 6.07) is 0. The molecule has 0 bridgehead atoms. The average Bonchev–Trinajstić information content (AvgIpc) is 2.78. The van der Waals surface area contributed by atoms with Crippen LogP contribution in [0.2, 0.25) is 0 Å². The highest BCUT2D eigenvalue weighted by molar-refractivity contribution is 8.22. The molecule has 1 nitrogen and oxygen atoms in total. The third-order valence-electron chi connectivity index (χ3n) is 3.39. The van der Waals surface area contributed by atoms with Crippen molar-refractivity contribution < 1.29 is 4.74 Å². The zero-order valence-corrected chi connectivity index (χ0v) is 9.96. The minimum Gasteiger partial charge on any atom is -0.381 e. The molecule has 1 aliphatic carbocycles. The summed E-state index contributed by atoms with van der Waals surface area (Å²) in [5, 5.41) is 0. The van der Waals surface area contributed by atoms with Crippen molar-refractivity contribution in [2.75, 3.05) is 24.7 Å². The van der Waals surface area contributed by atoms with Crippen LogP contribution in [0.1, 0.15) is 19.3 Å². The fourth-order valence-corrected chi connectivity index (χ4v) is 5.32. The maximum atomic E-state index is 5.51. The van der Waals surface area contributed by atoms with Gasteiger partial charge in [0.15, 0.2) is 0 Å². The number of hydrogen-bond donors (Lipinski definition) is 0. The van der Waals surface area contributed by atoms with Crippen LogP contribution in [0, 0.1) is 11.8 Å². The Morgan fingerprint density at radius 1 is 1.00 bits per heavy atom. The molecule has 3 heteroatoms. The van der Waals surface area contributed by atoms with E-state index in [4.69, 9.17) is 4.74 Å². The molecule has 3 rings (SSSR count). The van der Waals surface area contributed by atoms with Gasteiger partial charge in [0.2, 0.25) is 0 Å². The van der Waals surface area contributed by atoms with E-state index in [-0.39, 0.29) is 0 Å². The Morgan fingerprint density at radius 3 is 2.29 bits per heavy atom. The molecule has 1 saturated carbocycles. The van der Waals surface area contributed by atoms with Crippen molar-refractivity contribution in [2.45, 2.75) is 19.3 Å². The number of fused-ring (bicyclic) bond motifs is 1. The van der Waals surface area contributed by atoms with E-state index < -0.39 is 0 Å². The van der Waals surface area contributed by atoms with Gasteiger partial charge in [0.25, 0.3) is 0 Å². The summed E-state index contributed by atoms with van der Waals surface area (Å²) < 4.78 is 7.18. The van der Waals surface area contributed by atoms with Crippen LogP contribution in [0.25, 0.3) is 0 Å². The average molecular weight is 228 g/mol. The fourth-order valence-electron chi connectivity index (χ4n) is 2.61. The van der Waals surface area contributed by atoms with Crippen LogP contribution in [-0.2, 0) is 4.74 Å². The molecule has 0 radical (unpaired) electrons. The van der Waals surface area contributed by atoms with E-state index >= 15 is 0 Å². The maximum Gasteiger partial charge on any atom is 0.0501 e. The molecule has 0 aromatic rings. The van der Waals surface area contributed by atoms with Crippen molar-refractivity contribution in [1.82, 2.24) is 0 Å². The summed E-state index contributed by atoms with van der Waals surface area (Å²) in [4.78, 5) is 0. The molecule has 2 heterocycles. The predicted molar refractivity (Wildman–Crippen MR) is 63.6 cm³/mol. The van der Waals surface area contributed by atoms with Crippen molar-refractivity contribution in [3.63, 3.8) is 0 Å². The lowest BCUT2D eigenvalue weighted by molar-refractivity contribution is 0.177. The third-order valence-corrected chi connectivity index (χ3v) is 6.19. The molecule has 14 heavy (non-hydrogen) atoms. The summed E-state index contributed by atoms with van der Waals surface area (Å²) >= 11 is 4.20. The van der Waals surface area contributed by atoms with Crippen LogP contribution >= 0.6 is 23.5 Å². The Morgan fingerprint density at radius 2 is 1.64 bits per heavy atom. The van der Waals surface area contributed by atoms with Crippen molar-refractivity contribution in [3.05, 3.63) is 9.81 Å². The molecular formula is C11H16OS2. The van der Waals surface area contributed by atoms with Crippen LogP contribution in [0.3, 0.4) is 0 Å². The topological polar surface area (TPSA) is 9.23 Å². The number of ether oxygens (including phenoxy) is 1. The van der Waals surface area contributed by atoms with E-state index in [1.165, 1.54) is 30.8 Å². The first-order valence-corrected chi connectivity index (χ1v) is 7.46. The quantitative estimate of drug-likeness (QED) is 0.630. The van der Waals surface area contributed by atoms with E-state index in [0.29, 0.717) is 0 Å². The van der Waals surface area contributed by atoms with Gasteiger partial charge < -0.3 is 4.74 Å². The summed E-state index contributed by atoms with van der Waals surface area (Å²) in [5.74, 6) is 4.41. The minimum atomic E-state index is 0.862. The molecule has 2 unspecified atom stereocenters. The summed E-state index contributed by atoms with van der Waals surface area (Å²) in [6.07, 6.45) is 4.06. The Labute approximate surface area is 94.0 Å². The van der Waals surface area contributed by atoms with Gasteiger partial charge in [0, 0.05) is 4.24 Å². The maximum absolute atomic E-state index is 5.51. The zero-order valence-electron chi connectivity index (χ0n) is 8.33. The van der Waals surface area contributed by atoms with E-state index in [1.807, 2.05) is 0 Å². The van der Waals surface area contributed by atoms with Crippen molar-refractivity contribution in [3.8, 4) is 0 Å². The number of allylic oxidation sites excluding steroid dienone is 1. The summed E-state index contributed by atoms with van der Waals surface area (Å²) in [6.45, 7) is 2.05. The molecular weight excluding hydrogens is 212 g/mol. The van der Waals surface area contributed by atoms with Gasteiger partial charge in [0.05, 0.1) is 13.2 Å². The van der Waals surface area contributed by atoms with Crippen LogP contribution in [0.5, 0.6) is 0 Å². The second-order valence-electron chi connectivity index (χ2n) is 4.41. The monoisotopic (exact) mass is 228 g/mol. The van der Waals surface area contributed by atoms with Crippen LogP contribution in [-0.4, -0.2) is 24.7 Å². The van der Waals surface area contributed by atoms with E-state index in [9.17, 15) is 0 Å². The minimum absolute atomic E-state index is 0.862. The highest BCUT2D eigenvalue weighted by Gasteiger charge is 2.36. The third kappa shape index (κ3) is 1.74. The first kappa shape index (κ1) is 9.61. The Hall–Kier alpha value is 0.400. The van der Waals surface area contributed by atoms with Gasteiger partial charge >= 0.3 is 0 Å². The zero-order chi connectivity index (χ0) is 9.38. The molecule has 78 valence electrons. The smallest absolute Gasteiger partial charge is 0.0501 e. The molecule has 2 aliphatic heterocycles. The lowest BCUT2D eigenvalue weighted by Crippen LogP contribution is -2.01. The van der Waals surface area contributed by atoms with Crippen molar-refractivity contribution in [2.24, 2.45) is 11.8 Å². The van der Waals surface area contributed by atoms with Crippen LogP contribution < -0.4 is 0 Å². The molecule has 2 atom stereocenters. The Kier molecular flexibility index (Phi) is 2.82. The van der Waals surface area contributed by atoms with E-state index in [0.717, 1.165) is 25.0 Å². The molecule has 3 aliphatic rings. The second-order valence-corrected chi connectivity index (χ2v) is 6.88. The highest BCUT2D eigenvalue weighted by atomic mass is 32.2. The van der Waals surface area contributed by atoms with Gasteiger partial charge in [-0.2, -0.15) is 0 Å². The van der Waals surface area contributed by atoms with E-state index in [2.05, 4.69) is 23.5 Å². The number of hydrogen-bond acceptors (Lipinski definition) is 3. The standard InChI is InChI=1S/C11H16OS2/c1-2-13-11(14-3-1)8-4-9-6-12-7-10(9)5-8/h9-10H,1-7H2. The van der Waals surface area contributed by atoms with Gasteiger partial charge in [-0.3, -0.25) is 0 Å². The molecule has 0 N–H and O–H groups in total. The first-order chi connectivity index (χ1) is 6.93. The van der Waals surface area contributed by atoms with Gasteiger partial charge in [-0.1, -0.05) is 0 Å².